The fraction of sp³-hybridized carbons (Fsp3) is 0.769. The SMILES string of the molecule is CC(=O)N[C@@H](CC(C)C)[C@@H]1CC=C(P(=O)(O)O)C[C@@H]1S. The van der Waals surface area contributed by atoms with Gasteiger partial charge in [0.2, 0.25) is 5.91 Å². The lowest BCUT2D eigenvalue weighted by Gasteiger charge is -2.35. The number of carbonyl (C=O) groups excluding carboxylic acids is 1. The molecule has 0 heterocycles. The number of nitrogens with one attached hydrogen (secondary N) is 1. The summed E-state index contributed by atoms with van der Waals surface area (Å²) in [7, 11) is -4.17. The fourth-order valence-corrected chi connectivity index (χ4v) is 4.11. The minimum absolute atomic E-state index is 0.00966. The van der Waals surface area contributed by atoms with Crippen molar-refractivity contribution < 1.29 is 19.1 Å². The highest BCUT2D eigenvalue weighted by Gasteiger charge is 2.35. The predicted octanol–water partition coefficient (Wildman–Crippen LogP) is 2.31. The third-order valence-electron chi connectivity index (χ3n) is 3.54. The Morgan fingerprint density at radius 3 is 2.55 bits per heavy atom. The van der Waals surface area contributed by atoms with Gasteiger partial charge in [0.1, 0.15) is 0 Å². The van der Waals surface area contributed by atoms with E-state index in [1.165, 1.54) is 6.92 Å². The zero-order chi connectivity index (χ0) is 15.5. The molecule has 3 N–H and O–H groups in total. The van der Waals surface area contributed by atoms with Crippen LogP contribution in [0.2, 0.25) is 0 Å². The maximum atomic E-state index is 11.3. The molecule has 0 unspecified atom stereocenters. The van der Waals surface area contributed by atoms with E-state index in [1.807, 2.05) is 0 Å². The molecule has 0 aromatic carbocycles. The van der Waals surface area contributed by atoms with Crippen LogP contribution in [0, 0.1) is 11.8 Å². The molecule has 0 radical (unpaired) electrons. The van der Waals surface area contributed by atoms with Crippen LogP contribution in [0.15, 0.2) is 11.4 Å². The molecule has 3 atom stereocenters. The molecule has 0 aromatic heterocycles. The minimum Gasteiger partial charge on any atom is -0.353 e. The van der Waals surface area contributed by atoms with Gasteiger partial charge in [-0.05, 0) is 31.1 Å². The lowest BCUT2D eigenvalue weighted by molar-refractivity contribution is -0.120. The highest BCUT2D eigenvalue weighted by atomic mass is 32.1. The van der Waals surface area contributed by atoms with Crippen molar-refractivity contribution in [2.24, 2.45) is 11.8 Å². The van der Waals surface area contributed by atoms with E-state index in [1.54, 1.807) is 6.08 Å². The van der Waals surface area contributed by atoms with Crippen LogP contribution >= 0.6 is 20.2 Å². The van der Waals surface area contributed by atoms with Crippen LogP contribution in [0.25, 0.3) is 0 Å². The summed E-state index contributed by atoms with van der Waals surface area (Å²) in [5.74, 6) is 0.445. The van der Waals surface area contributed by atoms with Crippen LogP contribution in [0.3, 0.4) is 0 Å². The van der Waals surface area contributed by atoms with Gasteiger partial charge >= 0.3 is 7.60 Å². The Morgan fingerprint density at radius 2 is 2.15 bits per heavy atom. The molecule has 0 saturated carbocycles. The summed E-state index contributed by atoms with van der Waals surface area (Å²) < 4.78 is 11.3. The summed E-state index contributed by atoms with van der Waals surface area (Å²) in [6, 6.07) is -0.00966. The topological polar surface area (TPSA) is 86.6 Å². The third kappa shape index (κ3) is 5.24. The summed E-state index contributed by atoms with van der Waals surface area (Å²) >= 11 is 4.50. The van der Waals surface area contributed by atoms with Gasteiger partial charge in [-0.2, -0.15) is 12.6 Å². The summed E-state index contributed by atoms with van der Waals surface area (Å²) in [6.45, 7) is 5.66. The molecule has 1 amide bonds. The zero-order valence-electron chi connectivity index (χ0n) is 12.1. The Bertz CT molecular complexity index is 432. The fourth-order valence-electron chi connectivity index (χ4n) is 2.66. The third-order valence-corrected chi connectivity index (χ3v) is 5.22. The highest BCUT2D eigenvalue weighted by Crippen LogP contribution is 2.51. The second kappa shape index (κ2) is 7.12. The Hall–Kier alpha value is -0.290. The Kier molecular flexibility index (Phi) is 6.32. The molecule has 1 rings (SSSR count). The molecule has 0 aromatic rings. The van der Waals surface area contributed by atoms with Gasteiger partial charge in [-0.1, -0.05) is 19.9 Å². The first-order chi connectivity index (χ1) is 9.11. The summed E-state index contributed by atoms with van der Waals surface area (Å²) in [5, 5.41) is 2.97. The van der Waals surface area contributed by atoms with E-state index in [4.69, 9.17) is 0 Å². The zero-order valence-corrected chi connectivity index (χ0v) is 13.9. The van der Waals surface area contributed by atoms with Gasteiger partial charge in [0, 0.05) is 23.5 Å². The molecule has 0 saturated heterocycles. The molecule has 0 fully saturated rings. The number of hydrogen-bond donors (Lipinski definition) is 4. The van der Waals surface area contributed by atoms with Crippen molar-refractivity contribution in [1.82, 2.24) is 5.32 Å². The first-order valence-corrected chi connectivity index (χ1v) is 8.94. The number of amides is 1. The molecule has 5 nitrogen and oxygen atoms in total. The van der Waals surface area contributed by atoms with E-state index in [0.29, 0.717) is 12.3 Å². The number of rotatable bonds is 5. The van der Waals surface area contributed by atoms with E-state index in [0.717, 1.165) is 6.42 Å². The van der Waals surface area contributed by atoms with Gasteiger partial charge in [-0.3, -0.25) is 9.36 Å². The number of hydrogen-bond acceptors (Lipinski definition) is 3. The van der Waals surface area contributed by atoms with Gasteiger partial charge in [-0.25, -0.2) is 0 Å². The van der Waals surface area contributed by atoms with Gasteiger partial charge < -0.3 is 15.1 Å². The maximum absolute atomic E-state index is 11.3. The summed E-state index contributed by atoms with van der Waals surface area (Å²) in [6.07, 6.45) is 3.26. The lowest BCUT2D eigenvalue weighted by atomic mass is 9.83. The van der Waals surface area contributed by atoms with E-state index in [-0.39, 0.29) is 34.9 Å². The van der Waals surface area contributed by atoms with Crippen molar-refractivity contribution in [1.29, 1.82) is 0 Å². The normalized spacial score (nSPS) is 25.2. The molecule has 0 aliphatic heterocycles. The second-order valence-corrected chi connectivity index (χ2v) is 8.17. The molecule has 0 spiro atoms. The molecular weight excluding hydrogens is 297 g/mol. The van der Waals surface area contributed by atoms with Crippen LogP contribution in [-0.2, 0) is 9.36 Å². The van der Waals surface area contributed by atoms with Crippen molar-refractivity contribution in [3.63, 3.8) is 0 Å². The van der Waals surface area contributed by atoms with Crippen LogP contribution in [0.4, 0.5) is 0 Å². The Balaban J connectivity index is 2.85. The van der Waals surface area contributed by atoms with Gasteiger partial charge in [0.15, 0.2) is 0 Å². The Morgan fingerprint density at radius 1 is 1.55 bits per heavy atom. The van der Waals surface area contributed by atoms with Crippen LogP contribution in [-0.4, -0.2) is 27.0 Å². The predicted molar refractivity (Wildman–Crippen MR) is 82.7 cm³/mol. The summed E-state index contributed by atoms with van der Waals surface area (Å²) in [5.41, 5.74) is 0. The minimum atomic E-state index is -4.17. The van der Waals surface area contributed by atoms with E-state index < -0.39 is 7.60 Å². The molecule has 1 aliphatic carbocycles. The van der Waals surface area contributed by atoms with E-state index in [2.05, 4.69) is 31.8 Å². The van der Waals surface area contributed by atoms with Gasteiger partial charge in [0.05, 0.1) is 0 Å². The quantitative estimate of drug-likeness (QED) is 0.462. The smallest absolute Gasteiger partial charge is 0.351 e. The molecule has 7 heteroatoms. The van der Waals surface area contributed by atoms with Crippen LogP contribution in [0.1, 0.15) is 40.0 Å². The molecule has 116 valence electrons. The monoisotopic (exact) mass is 321 g/mol. The number of allylic oxidation sites excluding steroid dienone is 2. The van der Waals surface area contributed by atoms with Gasteiger partial charge in [0.25, 0.3) is 0 Å². The van der Waals surface area contributed by atoms with Crippen molar-refractivity contribution in [2.45, 2.75) is 51.3 Å². The molecule has 0 bridgehead atoms. The maximum Gasteiger partial charge on any atom is 0.351 e. The lowest BCUT2D eigenvalue weighted by Crippen LogP contribution is -2.44. The van der Waals surface area contributed by atoms with E-state index >= 15 is 0 Å². The molecule has 20 heavy (non-hydrogen) atoms. The number of carbonyl (C=O) groups is 1. The van der Waals surface area contributed by atoms with Crippen molar-refractivity contribution in [3.05, 3.63) is 11.4 Å². The molecule has 1 aliphatic rings. The van der Waals surface area contributed by atoms with Gasteiger partial charge in [-0.15, -0.1) is 0 Å². The highest BCUT2D eigenvalue weighted by molar-refractivity contribution is 7.81. The van der Waals surface area contributed by atoms with Crippen LogP contribution < -0.4 is 5.32 Å². The second-order valence-electron chi connectivity index (χ2n) is 5.85. The molecular formula is C13H24NO4PS. The average molecular weight is 321 g/mol. The first kappa shape index (κ1) is 17.8. The number of thiol groups is 1. The van der Waals surface area contributed by atoms with Crippen molar-refractivity contribution in [2.75, 3.05) is 0 Å². The summed E-state index contributed by atoms with van der Waals surface area (Å²) in [4.78, 5) is 29.8. The van der Waals surface area contributed by atoms with Crippen LogP contribution in [0.5, 0.6) is 0 Å². The standard InChI is InChI=1S/C13H24NO4PS/c1-8(2)6-12(14-9(3)15)11-5-4-10(7-13(11)20)19(16,17)18/h4,8,11-13,20H,5-7H2,1-3H3,(H,14,15)(H2,16,17,18)/t11-,12-,13-/m0/s1. The van der Waals surface area contributed by atoms with Crippen molar-refractivity contribution >= 4 is 26.1 Å². The average Bonchev–Trinajstić information content (AvgIpc) is 2.25. The van der Waals surface area contributed by atoms with E-state index in [9.17, 15) is 19.1 Å². The van der Waals surface area contributed by atoms with Crippen molar-refractivity contribution in [3.8, 4) is 0 Å². The Labute approximate surface area is 125 Å². The first-order valence-electron chi connectivity index (χ1n) is 6.81. The largest absolute Gasteiger partial charge is 0.353 e.